The van der Waals surface area contributed by atoms with Gasteiger partial charge in [0.2, 0.25) is 0 Å². The molecule has 2 nitrogen and oxygen atoms in total. The van der Waals surface area contributed by atoms with E-state index in [0.29, 0.717) is 0 Å². The number of thioether (sulfide) groups is 1. The van der Waals surface area contributed by atoms with Gasteiger partial charge >= 0.3 is 0 Å². The highest BCUT2D eigenvalue weighted by molar-refractivity contribution is 7.99. The SMILES string of the molecule is CCCCCCCCCCC(O)Sc1ccc(O)cc1. The van der Waals surface area contributed by atoms with Gasteiger partial charge in [0.25, 0.3) is 0 Å². The van der Waals surface area contributed by atoms with Gasteiger partial charge < -0.3 is 10.2 Å². The normalized spacial score (nSPS) is 12.5. The molecule has 3 heteroatoms. The summed E-state index contributed by atoms with van der Waals surface area (Å²) in [5.41, 5.74) is -0.334. The minimum Gasteiger partial charge on any atom is -0.508 e. The third-order valence-corrected chi connectivity index (χ3v) is 4.47. The molecule has 0 spiro atoms. The topological polar surface area (TPSA) is 40.5 Å². The minimum absolute atomic E-state index is 0.270. The Morgan fingerprint density at radius 1 is 0.900 bits per heavy atom. The van der Waals surface area contributed by atoms with Gasteiger partial charge in [-0.05, 0) is 37.1 Å². The lowest BCUT2D eigenvalue weighted by atomic mass is 10.1. The summed E-state index contributed by atoms with van der Waals surface area (Å²) in [5, 5.41) is 19.1. The van der Waals surface area contributed by atoms with E-state index in [9.17, 15) is 10.2 Å². The van der Waals surface area contributed by atoms with Crippen LogP contribution in [-0.4, -0.2) is 15.6 Å². The molecule has 0 heterocycles. The second-order valence-corrected chi connectivity index (χ2v) is 6.58. The molecule has 0 aliphatic carbocycles. The lowest BCUT2D eigenvalue weighted by Gasteiger charge is -2.10. The van der Waals surface area contributed by atoms with E-state index in [1.807, 2.05) is 12.1 Å². The smallest absolute Gasteiger partial charge is 0.115 e. The van der Waals surface area contributed by atoms with Crippen LogP contribution in [0.2, 0.25) is 0 Å². The van der Waals surface area contributed by atoms with E-state index in [4.69, 9.17) is 0 Å². The van der Waals surface area contributed by atoms with Gasteiger partial charge in [0, 0.05) is 4.90 Å². The zero-order valence-corrected chi connectivity index (χ0v) is 13.4. The summed E-state index contributed by atoms with van der Waals surface area (Å²) < 4.78 is 0. The highest BCUT2D eigenvalue weighted by Gasteiger charge is 2.06. The number of aromatic hydroxyl groups is 1. The van der Waals surface area contributed by atoms with Crippen LogP contribution >= 0.6 is 11.8 Å². The molecule has 0 aromatic heterocycles. The third-order valence-electron chi connectivity index (χ3n) is 3.41. The first-order chi connectivity index (χ1) is 9.72. The zero-order valence-electron chi connectivity index (χ0n) is 12.6. The molecular weight excluding hydrogens is 268 g/mol. The Kier molecular flexibility index (Phi) is 9.60. The maximum atomic E-state index is 9.95. The lowest BCUT2D eigenvalue weighted by Crippen LogP contribution is -2.00. The molecule has 0 amide bonds. The molecule has 1 atom stereocenters. The number of benzene rings is 1. The van der Waals surface area contributed by atoms with Crippen molar-refractivity contribution in [2.75, 3.05) is 0 Å². The second-order valence-electron chi connectivity index (χ2n) is 5.33. The van der Waals surface area contributed by atoms with E-state index in [0.717, 1.165) is 17.7 Å². The number of hydrogen-bond acceptors (Lipinski definition) is 3. The first-order valence-electron chi connectivity index (χ1n) is 7.86. The summed E-state index contributed by atoms with van der Waals surface area (Å²) in [6.45, 7) is 2.24. The molecule has 114 valence electrons. The largest absolute Gasteiger partial charge is 0.508 e. The van der Waals surface area contributed by atoms with Crippen LogP contribution in [0.15, 0.2) is 29.2 Å². The molecule has 0 bridgehead atoms. The number of hydrogen-bond donors (Lipinski definition) is 2. The number of phenols is 1. The van der Waals surface area contributed by atoms with Crippen LogP contribution in [0.3, 0.4) is 0 Å². The van der Waals surface area contributed by atoms with Crippen LogP contribution in [0, 0.1) is 0 Å². The average Bonchev–Trinajstić information content (AvgIpc) is 2.44. The summed E-state index contributed by atoms with van der Waals surface area (Å²) >= 11 is 1.47. The Morgan fingerprint density at radius 2 is 1.45 bits per heavy atom. The molecule has 20 heavy (non-hydrogen) atoms. The Balaban J connectivity index is 2.00. The van der Waals surface area contributed by atoms with E-state index >= 15 is 0 Å². The van der Waals surface area contributed by atoms with Crippen molar-refractivity contribution in [2.24, 2.45) is 0 Å². The molecule has 1 rings (SSSR count). The molecule has 0 fully saturated rings. The molecular formula is C17H28O2S. The third kappa shape index (κ3) is 8.49. The van der Waals surface area contributed by atoms with E-state index < -0.39 is 0 Å². The van der Waals surface area contributed by atoms with Crippen molar-refractivity contribution in [3.8, 4) is 5.75 Å². The molecule has 0 saturated heterocycles. The quantitative estimate of drug-likeness (QED) is 0.329. The molecule has 1 aromatic carbocycles. The van der Waals surface area contributed by atoms with Crippen LogP contribution < -0.4 is 0 Å². The fourth-order valence-electron chi connectivity index (χ4n) is 2.19. The van der Waals surface area contributed by atoms with Crippen molar-refractivity contribution in [3.63, 3.8) is 0 Å². The first kappa shape index (κ1) is 17.4. The Morgan fingerprint density at radius 3 is 2.05 bits per heavy atom. The summed E-state index contributed by atoms with van der Waals surface area (Å²) in [7, 11) is 0. The van der Waals surface area contributed by atoms with Crippen molar-refractivity contribution in [3.05, 3.63) is 24.3 Å². The Labute approximate surface area is 127 Å². The predicted octanol–water partition coefficient (Wildman–Crippen LogP) is 5.33. The van der Waals surface area contributed by atoms with Crippen molar-refractivity contribution >= 4 is 11.8 Å². The summed E-state index contributed by atoms with van der Waals surface area (Å²) in [6, 6.07) is 7.00. The molecule has 0 aliphatic rings. The highest BCUT2D eigenvalue weighted by atomic mass is 32.2. The summed E-state index contributed by atoms with van der Waals surface area (Å²) in [4.78, 5) is 1.01. The molecule has 2 N–H and O–H groups in total. The van der Waals surface area contributed by atoms with Crippen LogP contribution in [0.5, 0.6) is 5.75 Å². The van der Waals surface area contributed by atoms with Crippen molar-refractivity contribution in [1.29, 1.82) is 0 Å². The van der Waals surface area contributed by atoms with Gasteiger partial charge in [0.1, 0.15) is 11.2 Å². The standard InChI is InChI=1S/C17H28O2S/c1-2-3-4-5-6-7-8-9-10-17(19)20-16-13-11-15(18)12-14-16/h11-14,17-19H,2-10H2,1H3. The lowest BCUT2D eigenvalue weighted by molar-refractivity contribution is 0.247. The van der Waals surface area contributed by atoms with Gasteiger partial charge in [0.15, 0.2) is 0 Å². The van der Waals surface area contributed by atoms with Crippen LogP contribution in [0.4, 0.5) is 0 Å². The van der Waals surface area contributed by atoms with E-state index in [2.05, 4.69) is 6.92 Å². The van der Waals surface area contributed by atoms with Gasteiger partial charge in [-0.25, -0.2) is 0 Å². The Hall–Kier alpha value is -0.670. The summed E-state index contributed by atoms with van der Waals surface area (Å²) in [5.74, 6) is 0.270. The van der Waals surface area contributed by atoms with Crippen molar-refractivity contribution in [2.45, 2.75) is 75.0 Å². The molecule has 1 unspecified atom stereocenters. The molecule has 0 saturated carbocycles. The second kappa shape index (κ2) is 11.0. The van der Waals surface area contributed by atoms with Gasteiger partial charge in [-0.15, -0.1) is 0 Å². The monoisotopic (exact) mass is 296 g/mol. The highest BCUT2D eigenvalue weighted by Crippen LogP contribution is 2.26. The molecule has 1 aromatic rings. The molecule has 0 radical (unpaired) electrons. The van der Waals surface area contributed by atoms with Crippen LogP contribution in [-0.2, 0) is 0 Å². The van der Waals surface area contributed by atoms with Crippen LogP contribution in [0.1, 0.15) is 64.7 Å². The first-order valence-corrected chi connectivity index (χ1v) is 8.74. The fraction of sp³-hybridized carbons (Fsp3) is 0.647. The van der Waals surface area contributed by atoms with E-state index in [-0.39, 0.29) is 11.2 Å². The Bertz CT molecular complexity index is 337. The maximum absolute atomic E-state index is 9.95. The van der Waals surface area contributed by atoms with E-state index in [1.165, 1.54) is 56.7 Å². The summed E-state index contributed by atoms with van der Waals surface area (Å²) in [6.07, 6.45) is 11.2. The van der Waals surface area contributed by atoms with Gasteiger partial charge in [-0.3, -0.25) is 0 Å². The van der Waals surface area contributed by atoms with Crippen molar-refractivity contribution in [1.82, 2.24) is 0 Å². The maximum Gasteiger partial charge on any atom is 0.115 e. The fourth-order valence-corrected chi connectivity index (χ4v) is 3.09. The predicted molar refractivity (Wildman–Crippen MR) is 87.2 cm³/mol. The number of rotatable bonds is 11. The van der Waals surface area contributed by atoms with Gasteiger partial charge in [0.05, 0.1) is 0 Å². The van der Waals surface area contributed by atoms with E-state index in [1.54, 1.807) is 12.1 Å². The number of phenolic OH excluding ortho intramolecular Hbond substituents is 1. The van der Waals surface area contributed by atoms with Gasteiger partial charge in [-0.2, -0.15) is 0 Å². The number of aliphatic hydroxyl groups is 1. The molecule has 0 aliphatic heterocycles. The minimum atomic E-state index is -0.334. The van der Waals surface area contributed by atoms with Gasteiger partial charge in [-0.1, -0.05) is 63.6 Å². The number of aliphatic hydroxyl groups excluding tert-OH is 1. The van der Waals surface area contributed by atoms with Crippen LogP contribution in [0.25, 0.3) is 0 Å². The average molecular weight is 296 g/mol. The van der Waals surface area contributed by atoms with Crippen molar-refractivity contribution < 1.29 is 10.2 Å². The number of unbranched alkanes of at least 4 members (excludes halogenated alkanes) is 7. The zero-order chi connectivity index (χ0) is 14.6.